The van der Waals surface area contributed by atoms with Gasteiger partial charge < -0.3 is 25.2 Å². The Bertz CT molecular complexity index is 457. The SMILES string of the molecule is CN=C(NCCC(=O)N(C)C)NC1CN(C(=O)OC(C)(C)C)C1.I. The van der Waals surface area contributed by atoms with Crippen molar-refractivity contribution in [3.05, 3.63) is 0 Å². The van der Waals surface area contributed by atoms with Crippen molar-refractivity contribution in [1.82, 2.24) is 20.4 Å². The second kappa shape index (κ2) is 9.90. The molecule has 0 aromatic carbocycles. The smallest absolute Gasteiger partial charge is 0.410 e. The van der Waals surface area contributed by atoms with Crippen molar-refractivity contribution in [3.63, 3.8) is 0 Å². The Morgan fingerprint density at radius 3 is 2.33 bits per heavy atom. The molecule has 0 spiro atoms. The van der Waals surface area contributed by atoms with Gasteiger partial charge in [0, 0.05) is 47.2 Å². The lowest BCUT2D eigenvalue weighted by Gasteiger charge is -2.40. The molecule has 9 heteroatoms. The fourth-order valence-corrected chi connectivity index (χ4v) is 1.94. The number of guanidine groups is 1. The third kappa shape index (κ3) is 8.02. The Morgan fingerprint density at radius 1 is 1.29 bits per heavy atom. The zero-order valence-corrected chi connectivity index (χ0v) is 17.7. The topological polar surface area (TPSA) is 86.3 Å². The number of rotatable bonds is 4. The molecule has 1 aliphatic heterocycles. The highest BCUT2D eigenvalue weighted by molar-refractivity contribution is 14.0. The Morgan fingerprint density at radius 2 is 1.88 bits per heavy atom. The predicted molar refractivity (Wildman–Crippen MR) is 105 cm³/mol. The Hall–Kier alpha value is -1.26. The number of ether oxygens (including phenoxy) is 1. The summed E-state index contributed by atoms with van der Waals surface area (Å²) in [7, 11) is 5.14. The van der Waals surface area contributed by atoms with Gasteiger partial charge in [0.15, 0.2) is 5.96 Å². The zero-order valence-electron chi connectivity index (χ0n) is 15.4. The van der Waals surface area contributed by atoms with Crippen molar-refractivity contribution in [2.45, 2.75) is 38.8 Å². The fraction of sp³-hybridized carbons (Fsp3) is 0.800. The molecule has 0 saturated carbocycles. The number of hydrogen-bond donors (Lipinski definition) is 2. The van der Waals surface area contributed by atoms with Crippen LogP contribution in [0.2, 0.25) is 0 Å². The maximum Gasteiger partial charge on any atom is 0.410 e. The summed E-state index contributed by atoms with van der Waals surface area (Å²) < 4.78 is 5.31. The summed E-state index contributed by atoms with van der Waals surface area (Å²) >= 11 is 0. The highest BCUT2D eigenvalue weighted by Gasteiger charge is 2.34. The van der Waals surface area contributed by atoms with Gasteiger partial charge in [-0.25, -0.2) is 4.79 Å². The predicted octanol–water partition coefficient (Wildman–Crippen LogP) is 0.867. The van der Waals surface area contributed by atoms with Crippen molar-refractivity contribution >= 4 is 41.9 Å². The summed E-state index contributed by atoms with van der Waals surface area (Å²) in [5, 5.41) is 6.31. The molecular formula is C15H30IN5O3. The van der Waals surface area contributed by atoms with Crippen LogP contribution in [-0.4, -0.2) is 80.2 Å². The number of nitrogens with one attached hydrogen (secondary N) is 2. The van der Waals surface area contributed by atoms with Gasteiger partial charge in [-0.15, -0.1) is 24.0 Å². The average Bonchev–Trinajstić information content (AvgIpc) is 2.37. The molecule has 1 saturated heterocycles. The fourth-order valence-electron chi connectivity index (χ4n) is 1.94. The number of nitrogens with zero attached hydrogens (tertiary/aromatic N) is 3. The van der Waals surface area contributed by atoms with Gasteiger partial charge in [0.25, 0.3) is 0 Å². The van der Waals surface area contributed by atoms with E-state index in [0.29, 0.717) is 32.0 Å². The molecule has 24 heavy (non-hydrogen) atoms. The number of aliphatic imine (C=N–C) groups is 1. The number of likely N-dealkylation sites (tertiary alicyclic amines) is 1. The maximum absolute atomic E-state index is 11.8. The van der Waals surface area contributed by atoms with Gasteiger partial charge in [-0.1, -0.05) is 0 Å². The molecule has 0 aromatic rings. The monoisotopic (exact) mass is 455 g/mol. The molecule has 0 unspecified atom stereocenters. The Balaban J connectivity index is 0.00000529. The lowest BCUT2D eigenvalue weighted by molar-refractivity contribution is -0.128. The maximum atomic E-state index is 11.8. The molecule has 0 aromatic heterocycles. The van der Waals surface area contributed by atoms with Crippen LogP contribution in [0.1, 0.15) is 27.2 Å². The Kier molecular flexibility index (Phi) is 9.38. The van der Waals surface area contributed by atoms with E-state index in [9.17, 15) is 9.59 Å². The second-order valence-corrected chi connectivity index (χ2v) is 6.76. The van der Waals surface area contributed by atoms with Crippen LogP contribution in [0.25, 0.3) is 0 Å². The van der Waals surface area contributed by atoms with E-state index in [2.05, 4.69) is 15.6 Å². The molecule has 0 aliphatic carbocycles. The molecule has 1 aliphatic rings. The first-order valence-electron chi connectivity index (χ1n) is 7.77. The summed E-state index contributed by atoms with van der Waals surface area (Å²) in [6.45, 7) is 7.21. The molecular weight excluding hydrogens is 425 g/mol. The van der Waals surface area contributed by atoms with Crippen molar-refractivity contribution in [2.75, 3.05) is 40.8 Å². The van der Waals surface area contributed by atoms with Crippen LogP contribution in [-0.2, 0) is 9.53 Å². The first-order chi connectivity index (χ1) is 10.6. The zero-order chi connectivity index (χ0) is 17.6. The second-order valence-electron chi connectivity index (χ2n) is 6.76. The van der Waals surface area contributed by atoms with Crippen molar-refractivity contribution in [1.29, 1.82) is 0 Å². The standard InChI is InChI=1S/C15H29N5O3.HI/c1-15(2,3)23-14(22)20-9-11(10-20)18-13(16-4)17-8-7-12(21)19(5)6;/h11H,7-10H2,1-6H3,(H2,16,17,18);1H. The van der Waals surface area contributed by atoms with Crippen LogP contribution in [0.4, 0.5) is 4.79 Å². The minimum atomic E-state index is -0.480. The minimum absolute atomic E-state index is 0. The highest BCUT2D eigenvalue weighted by Crippen LogP contribution is 2.15. The van der Waals surface area contributed by atoms with Gasteiger partial charge in [-0.3, -0.25) is 9.79 Å². The summed E-state index contributed by atoms with van der Waals surface area (Å²) in [5.74, 6) is 0.693. The van der Waals surface area contributed by atoms with Crippen LogP contribution in [0.15, 0.2) is 4.99 Å². The molecule has 1 fully saturated rings. The van der Waals surface area contributed by atoms with Crippen LogP contribution in [0, 0.1) is 0 Å². The molecule has 0 atom stereocenters. The van der Waals surface area contributed by atoms with Crippen LogP contribution < -0.4 is 10.6 Å². The highest BCUT2D eigenvalue weighted by atomic mass is 127. The Labute approximate surface area is 161 Å². The number of carbonyl (C=O) groups is 2. The van der Waals surface area contributed by atoms with Gasteiger partial charge in [0.2, 0.25) is 5.91 Å². The van der Waals surface area contributed by atoms with E-state index < -0.39 is 5.60 Å². The van der Waals surface area contributed by atoms with Gasteiger partial charge in [0.05, 0.1) is 6.04 Å². The summed E-state index contributed by atoms with van der Waals surface area (Å²) in [4.78, 5) is 30.7. The molecule has 2 N–H and O–H groups in total. The number of halogens is 1. The molecule has 140 valence electrons. The molecule has 1 rings (SSSR count). The molecule has 1 heterocycles. The van der Waals surface area contributed by atoms with E-state index in [1.165, 1.54) is 0 Å². The van der Waals surface area contributed by atoms with Gasteiger partial charge in [0.1, 0.15) is 5.60 Å². The van der Waals surface area contributed by atoms with E-state index in [-0.39, 0.29) is 42.0 Å². The first-order valence-corrected chi connectivity index (χ1v) is 7.77. The van der Waals surface area contributed by atoms with Gasteiger partial charge >= 0.3 is 6.09 Å². The lowest BCUT2D eigenvalue weighted by atomic mass is 10.1. The summed E-state index contributed by atoms with van der Waals surface area (Å²) in [6, 6.07) is 0.137. The first kappa shape index (κ1) is 22.7. The quantitative estimate of drug-likeness (QED) is 0.373. The van der Waals surface area contributed by atoms with Gasteiger partial charge in [-0.05, 0) is 20.8 Å². The van der Waals surface area contributed by atoms with Crippen LogP contribution in [0.5, 0.6) is 0 Å². The lowest BCUT2D eigenvalue weighted by Crippen LogP contribution is -2.63. The van der Waals surface area contributed by atoms with E-state index in [0.717, 1.165) is 0 Å². The number of amides is 2. The largest absolute Gasteiger partial charge is 0.444 e. The molecule has 0 radical (unpaired) electrons. The van der Waals surface area contributed by atoms with Crippen LogP contribution >= 0.6 is 24.0 Å². The van der Waals surface area contributed by atoms with Gasteiger partial charge in [-0.2, -0.15) is 0 Å². The third-order valence-electron chi connectivity index (χ3n) is 3.23. The van der Waals surface area contributed by atoms with E-state index in [1.54, 1.807) is 30.9 Å². The van der Waals surface area contributed by atoms with Crippen LogP contribution in [0.3, 0.4) is 0 Å². The molecule has 2 amide bonds. The third-order valence-corrected chi connectivity index (χ3v) is 3.23. The van der Waals surface area contributed by atoms with E-state index >= 15 is 0 Å². The molecule has 0 bridgehead atoms. The van der Waals surface area contributed by atoms with E-state index in [4.69, 9.17) is 4.74 Å². The average molecular weight is 455 g/mol. The van der Waals surface area contributed by atoms with E-state index in [1.807, 2.05) is 20.8 Å². The van der Waals surface area contributed by atoms with Crippen molar-refractivity contribution in [3.8, 4) is 0 Å². The van der Waals surface area contributed by atoms with Crippen molar-refractivity contribution < 1.29 is 14.3 Å². The van der Waals surface area contributed by atoms with Crippen molar-refractivity contribution in [2.24, 2.45) is 4.99 Å². The summed E-state index contributed by atoms with van der Waals surface area (Å²) in [6.07, 6.45) is 0.109. The normalized spacial score (nSPS) is 15.1. The molecule has 8 nitrogen and oxygen atoms in total. The number of hydrogen-bond acceptors (Lipinski definition) is 4. The number of carbonyl (C=O) groups excluding carboxylic acids is 2. The minimum Gasteiger partial charge on any atom is -0.444 e. The summed E-state index contributed by atoms with van der Waals surface area (Å²) in [5.41, 5.74) is -0.480.